The Morgan fingerprint density at radius 2 is 1.86 bits per heavy atom. The molecule has 1 aliphatic rings. The van der Waals surface area contributed by atoms with E-state index >= 15 is 0 Å². The first-order valence-electron chi connectivity index (χ1n) is 10.1. The number of benzene rings is 1. The summed E-state index contributed by atoms with van der Waals surface area (Å²) in [5.41, 5.74) is 4.85. The molecule has 0 radical (unpaired) electrons. The van der Waals surface area contributed by atoms with Crippen LogP contribution in [0.4, 0.5) is 0 Å². The molecule has 0 bridgehead atoms. The van der Waals surface area contributed by atoms with Crippen molar-refractivity contribution in [3.05, 3.63) is 77.5 Å². The van der Waals surface area contributed by atoms with Gasteiger partial charge in [0.05, 0.1) is 17.4 Å². The van der Waals surface area contributed by atoms with Crippen LogP contribution in [0.1, 0.15) is 30.0 Å². The van der Waals surface area contributed by atoms with Crippen LogP contribution >= 0.6 is 11.6 Å². The van der Waals surface area contributed by atoms with E-state index in [1.165, 1.54) is 10.9 Å². The quantitative estimate of drug-likeness (QED) is 0.490. The Hall–Kier alpha value is -2.63. The zero-order chi connectivity index (χ0) is 19.8. The Balaban J connectivity index is 1.39. The largest absolute Gasteiger partial charge is 0.315 e. The number of nitrogens with zero attached hydrogens (tertiary/aromatic N) is 5. The summed E-state index contributed by atoms with van der Waals surface area (Å²) in [5.74, 6) is 0.563. The number of halogens is 1. The fourth-order valence-corrected chi connectivity index (χ4v) is 4.55. The summed E-state index contributed by atoms with van der Waals surface area (Å²) in [6.07, 6.45) is 10.5. The molecule has 4 heterocycles. The number of pyridine rings is 1. The second-order valence-electron chi connectivity index (χ2n) is 7.85. The molecular weight excluding hydrogens is 382 g/mol. The number of aromatic nitrogens is 4. The highest BCUT2D eigenvalue weighted by Gasteiger charge is 2.24. The van der Waals surface area contributed by atoms with Crippen molar-refractivity contribution in [3.63, 3.8) is 0 Å². The minimum absolute atomic E-state index is 0.563. The summed E-state index contributed by atoms with van der Waals surface area (Å²) in [6, 6.07) is 12.3. The molecule has 6 heteroatoms. The van der Waals surface area contributed by atoms with Crippen LogP contribution in [0.25, 0.3) is 16.6 Å². The minimum Gasteiger partial charge on any atom is -0.315 e. The standard InChI is InChI=1S/C23H24ClN5/c1-27-11-9-19(26-27)15-28-12-7-17(8-13-28)22-16-29(20-4-2-18(24)3-5-20)23-14-25-10-6-21(22)23/h2-6,9-11,14,16-17H,7-8,12-13,15H2,1H3. The van der Waals surface area contributed by atoms with Crippen molar-refractivity contribution in [3.8, 4) is 5.69 Å². The van der Waals surface area contributed by atoms with Gasteiger partial charge in [-0.2, -0.15) is 5.10 Å². The van der Waals surface area contributed by atoms with E-state index in [0.29, 0.717) is 5.92 Å². The van der Waals surface area contributed by atoms with Gasteiger partial charge in [-0.1, -0.05) is 11.6 Å². The Morgan fingerprint density at radius 3 is 2.59 bits per heavy atom. The predicted molar refractivity (Wildman–Crippen MR) is 117 cm³/mol. The van der Waals surface area contributed by atoms with E-state index in [1.807, 2.05) is 42.5 Å². The van der Waals surface area contributed by atoms with Gasteiger partial charge in [0.25, 0.3) is 0 Å². The fraction of sp³-hybridized carbons (Fsp3) is 0.304. The highest BCUT2D eigenvalue weighted by atomic mass is 35.5. The van der Waals surface area contributed by atoms with Crippen molar-refractivity contribution in [2.45, 2.75) is 25.3 Å². The van der Waals surface area contributed by atoms with E-state index in [0.717, 1.165) is 54.4 Å². The molecule has 1 aliphatic heterocycles. The lowest BCUT2D eigenvalue weighted by Gasteiger charge is -2.31. The van der Waals surface area contributed by atoms with Gasteiger partial charge in [-0.05, 0) is 73.8 Å². The maximum absolute atomic E-state index is 6.09. The molecule has 0 aliphatic carbocycles. The first-order valence-corrected chi connectivity index (χ1v) is 10.5. The number of aryl methyl sites for hydroxylation is 1. The first-order chi connectivity index (χ1) is 14.2. The molecule has 0 saturated carbocycles. The Morgan fingerprint density at radius 1 is 1.07 bits per heavy atom. The lowest BCUT2D eigenvalue weighted by molar-refractivity contribution is 0.202. The van der Waals surface area contributed by atoms with E-state index < -0.39 is 0 Å². The van der Waals surface area contributed by atoms with Gasteiger partial charge >= 0.3 is 0 Å². The molecule has 1 aromatic carbocycles. The number of likely N-dealkylation sites (tertiary alicyclic amines) is 1. The maximum atomic E-state index is 6.09. The molecule has 1 fully saturated rings. The van der Waals surface area contributed by atoms with Crippen LogP contribution in [-0.4, -0.2) is 37.3 Å². The van der Waals surface area contributed by atoms with Crippen molar-refractivity contribution < 1.29 is 0 Å². The number of piperidine rings is 1. The Bertz CT molecular complexity index is 1120. The molecule has 3 aromatic heterocycles. The van der Waals surface area contributed by atoms with E-state index in [9.17, 15) is 0 Å². The third kappa shape index (κ3) is 3.68. The Labute approximate surface area is 175 Å². The van der Waals surface area contributed by atoms with Crippen LogP contribution in [0.3, 0.4) is 0 Å². The summed E-state index contributed by atoms with van der Waals surface area (Å²) >= 11 is 6.09. The molecule has 5 rings (SSSR count). The highest BCUT2D eigenvalue weighted by molar-refractivity contribution is 6.30. The smallest absolute Gasteiger partial charge is 0.0764 e. The summed E-state index contributed by atoms with van der Waals surface area (Å²) in [6.45, 7) is 3.13. The van der Waals surface area contributed by atoms with Crippen molar-refractivity contribution in [2.24, 2.45) is 7.05 Å². The monoisotopic (exact) mass is 405 g/mol. The van der Waals surface area contributed by atoms with Crippen molar-refractivity contribution in [1.82, 2.24) is 24.2 Å². The van der Waals surface area contributed by atoms with Gasteiger partial charge in [-0.15, -0.1) is 0 Å². The van der Waals surface area contributed by atoms with E-state index in [1.54, 1.807) is 0 Å². The van der Waals surface area contributed by atoms with E-state index in [-0.39, 0.29) is 0 Å². The average Bonchev–Trinajstić information content (AvgIpc) is 3.33. The Kier molecular flexibility index (Phi) is 4.86. The zero-order valence-corrected chi connectivity index (χ0v) is 17.3. The van der Waals surface area contributed by atoms with Crippen molar-refractivity contribution in [2.75, 3.05) is 13.1 Å². The van der Waals surface area contributed by atoms with Gasteiger partial charge in [0.15, 0.2) is 0 Å². The van der Waals surface area contributed by atoms with E-state index in [2.05, 4.69) is 50.0 Å². The number of rotatable bonds is 4. The SMILES string of the molecule is Cn1ccc(CN2CCC(c3cn(-c4ccc(Cl)cc4)c4cnccc34)CC2)n1. The average molecular weight is 406 g/mol. The third-order valence-electron chi connectivity index (χ3n) is 5.93. The second-order valence-corrected chi connectivity index (χ2v) is 8.29. The zero-order valence-electron chi connectivity index (χ0n) is 16.5. The van der Waals surface area contributed by atoms with Crippen LogP contribution in [-0.2, 0) is 13.6 Å². The molecule has 5 nitrogen and oxygen atoms in total. The molecule has 29 heavy (non-hydrogen) atoms. The molecule has 148 valence electrons. The van der Waals surface area contributed by atoms with Crippen LogP contribution in [0.2, 0.25) is 5.02 Å². The molecule has 0 unspecified atom stereocenters. The molecule has 0 atom stereocenters. The van der Waals surface area contributed by atoms with Gasteiger partial charge in [0.2, 0.25) is 0 Å². The summed E-state index contributed by atoms with van der Waals surface area (Å²) < 4.78 is 4.12. The lowest BCUT2D eigenvalue weighted by Crippen LogP contribution is -2.32. The molecule has 0 amide bonds. The van der Waals surface area contributed by atoms with Crippen LogP contribution in [0, 0.1) is 0 Å². The van der Waals surface area contributed by atoms with Crippen LogP contribution in [0.15, 0.2) is 61.2 Å². The molecule has 0 N–H and O–H groups in total. The van der Waals surface area contributed by atoms with Crippen molar-refractivity contribution >= 4 is 22.5 Å². The van der Waals surface area contributed by atoms with E-state index in [4.69, 9.17) is 11.6 Å². The summed E-state index contributed by atoms with van der Waals surface area (Å²) in [5, 5.41) is 6.58. The van der Waals surface area contributed by atoms with Gasteiger partial charge in [0, 0.05) is 48.3 Å². The van der Waals surface area contributed by atoms with Gasteiger partial charge in [-0.3, -0.25) is 14.6 Å². The highest BCUT2D eigenvalue weighted by Crippen LogP contribution is 2.35. The summed E-state index contributed by atoms with van der Waals surface area (Å²) in [4.78, 5) is 6.88. The molecule has 4 aromatic rings. The maximum Gasteiger partial charge on any atom is 0.0764 e. The van der Waals surface area contributed by atoms with Gasteiger partial charge < -0.3 is 4.57 Å². The number of hydrogen-bond donors (Lipinski definition) is 0. The van der Waals surface area contributed by atoms with Crippen LogP contribution in [0.5, 0.6) is 0 Å². The minimum atomic E-state index is 0.563. The van der Waals surface area contributed by atoms with Crippen molar-refractivity contribution in [1.29, 1.82) is 0 Å². The van der Waals surface area contributed by atoms with Gasteiger partial charge in [-0.25, -0.2) is 0 Å². The molecular formula is C23H24ClN5. The number of hydrogen-bond acceptors (Lipinski definition) is 3. The lowest BCUT2D eigenvalue weighted by atomic mass is 9.89. The fourth-order valence-electron chi connectivity index (χ4n) is 4.42. The summed E-state index contributed by atoms with van der Waals surface area (Å²) in [7, 11) is 1.97. The third-order valence-corrected chi connectivity index (χ3v) is 6.18. The normalized spacial score (nSPS) is 15.9. The topological polar surface area (TPSA) is 38.9 Å². The van der Waals surface area contributed by atoms with Gasteiger partial charge in [0.1, 0.15) is 0 Å². The first kappa shape index (κ1) is 18.4. The predicted octanol–water partition coefficient (Wildman–Crippen LogP) is 4.79. The van der Waals surface area contributed by atoms with Crippen LogP contribution < -0.4 is 0 Å². The number of fused-ring (bicyclic) bond motifs is 1. The molecule has 1 saturated heterocycles. The second kappa shape index (κ2) is 7.65. The molecule has 0 spiro atoms.